The lowest BCUT2D eigenvalue weighted by atomic mass is 10.1. The Morgan fingerprint density at radius 2 is 1.73 bits per heavy atom. The molecule has 3 aromatic carbocycles. The van der Waals surface area contributed by atoms with Crippen LogP contribution in [0.5, 0.6) is 5.75 Å². The minimum atomic E-state index is -0.787. The average Bonchev–Trinajstić information content (AvgIpc) is 3.01. The third kappa shape index (κ3) is 2.99. The molecular formula is C21H16FNO3. The normalized spacial score (nSPS) is 12.2. The van der Waals surface area contributed by atoms with Crippen LogP contribution in [-0.4, -0.2) is 12.0 Å². The van der Waals surface area contributed by atoms with Crippen LogP contribution < -0.4 is 10.1 Å². The van der Waals surface area contributed by atoms with Gasteiger partial charge >= 0.3 is 0 Å². The van der Waals surface area contributed by atoms with E-state index in [9.17, 15) is 9.18 Å². The van der Waals surface area contributed by atoms with Crippen LogP contribution in [0.15, 0.2) is 71.1 Å². The molecule has 26 heavy (non-hydrogen) atoms. The maximum absolute atomic E-state index is 13.7. The Kier molecular flexibility index (Phi) is 4.05. The fraction of sp³-hybridized carbons (Fsp3) is 0.0952. The third-order valence-electron chi connectivity index (χ3n) is 4.16. The van der Waals surface area contributed by atoms with Crippen molar-refractivity contribution in [1.29, 1.82) is 0 Å². The first kappa shape index (κ1) is 16.1. The van der Waals surface area contributed by atoms with Gasteiger partial charge in [-0.25, -0.2) is 4.39 Å². The Labute approximate surface area is 149 Å². The molecule has 4 rings (SSSR count). The second-order valence-corrected chi connectivity index (χ2v) is 5.99. The molecule has 0 unspecified atom stereocenters. The van der Waals surface area contributed by atoms with E-state index in [0.717, 1.165) is 21.9 Å². The summed E-state index contributed by atoms with van der Waals surface area (Å²) >= 11 is 0. The van der Waals surface area contributed by atoms with Crippen molar-refractivity contribution in [2.45, 2.75) is 13.0 Å². The number of fused-ring (bicyclic) bond motifs is 3. The molecule has 0 aliphatic rings. The van der Waals surface area contributed by atoms with Crippen molar-refractivity contribution in [3.05, 3.63) is 72.5 Å². The van der Waals surface area contributed by atoms with E-state index >= 15 is 0 Å². The monoisotopic (exact) mass is 349 g/mol. The summed E-state index contributed by atoms with van der Waals surface area (Å²) in [7, 11) is 0. The molecule has 130 valence electrons. The number of anilines is 1. The summed E-state index contributed by atoms with van der Waals surface area (Å²) in [5, 5.41) is 4.43. The zero-order valence-electron chi connectivity index (χ0n) is 14.0. The molecule has 0 aliphatic heterocycles. The number of amides is 1. The highest BCUT2D eigenvalue weighted by Gasteiger charge is 2.17. The van der Waals surface area contributed by atoms with Gasteiger partial charge in [-0.15, -0.1) is 0 Å². The molecule has 1 heterocycles. The number of furan rings is 1. The maximum Gasteiger partial charge on any atom is 0.265 e. The van der Waals surface area contributed by atoms with Crippen molar-refractivity contribution in [2.24, 2.45) is 0 Å². The smallest absolute Gasteiger partial charge is 0.265 e. The standard InChI is InChI=1S/C21H16FNO3/c1-13(21(24)23-18-8-4-3-7-17(18)22)25-14-10-11-20-16(12-14)15-6-2-5-9-19(15)26-20/h2-13H,1H3,(H,23,24)/t13-/m0/s1. The summed E-state index contributed by atoms with van der Waals surface area (Å²) < 4.78 is 25.2. The van der Waals surface area contributed by atoms with Crippen LogP contribution in [0.2, 0.25) is 0 Å². The van der Waals surface area contributed by atoms with Gasteiger partial charge in [-0.2, -0.15) is 0 Å². The average molecular weight is 349 g/mol. The highest BCUT2D eigenvalue weighted by Crippen LogP contribution is 2.31. The van der Waals surface area contributed by atoms with Crippen molar-refractivity contribution in [1.82, 2.24) is 0 Å². The second-order valence-electron chi connectivity index (χ2n) is 5.99. The van der Waals surface area contributed by atoms with Crippen molar-refractivity contribution in [3.8, 4) is 5.75 Å². The second kappa shape index (κ2) is 6.52. The van der Waals surface area contributed by atoms with E-state index in [1.165, 1.54) is 12.1 Å². The lowest BCUT2D eigenvalue weighted by molar-refractivity contribution is -0.122. The number of carbonyl (C=O) groups excluding carboxylic acids is 1. The summed E-state index contributed by atoms with van der Waals surface area (Å²) in [5.41, 5.74) is 1.68. The molecule has 0 bridgehead atoms. The third-order valence-corrected chi connectivity index (χ3v) is 4.16. The summed E-state index contributed by atoms with van der Waals surface area (Å²) in [6.45, 7) is 1.62. The Morgan fingerprint density at radius 3 is 2.58 bits per heavy atom. The van der Waals surface area contributed by atoms with Gasteiger partial charge in [-0.1, -0.05) is 30.3 Å². The molecule has 1 N–H and O–H groups in total. The molecule has 1 amide bonds. The van der Waals surface area contributed by atoms with Gasteiger partial charge in [0.1, 0.15) is 22.7 Å². The molecule has 0 saturated carbocycles. The zero-order chi connectivity index (χ0) is 18.1. The van der Waals surface area contributed by atoms with Crippen molar-refractivity contribution in [2.75, 3.05) is 5.32 Å². The fourth-order valence-electron chi connectivity index (χ4n) is 2.83. The SMILES string of the molecule is C[C@H](Oc1ccc2oc3ccccc3c2c1)C(=O)Nc1ccccc1F. The topological polar surface area (TPSA) is 51.5 Å². The number of ether oxygens (including phenoxy) is 1. The highest BCUT2D eigenvalue weighted by molar-refractivity contribution is 6.05. The number of nitrogens with one attached hydrogen (secondary N) is 1. The molecule has 4 nitrogen and oxygen atoms in total. The quantitative estimate of drug-likeness (QED) is 0.555. The molecule has 0 saturated heterocycles. The van der Waals surface area contributed by atoms with Gasteiger partial charge in [-0.3, -0.25) is 4.79 Å². The Balaban J connectivity index is 1.55. The largest absolute Gasteiger partial charge is 0.481 e. The Bertz CT molecular complexity index is 1100. The predicted octanol–water partition coefficient (Wildman–Crippen LogP) is 5.13. The first-order valence-corrected chi connectivity index (χ1v) is 8.25. The van der Waals surface area contributed by atoms with E-state index in [1.807, 2.05) is 36.4 Å². The Morgan fingerprint density at radius 1 is 1.00 bits per heavy atom. The molecule has 1 aromatic heterocycles. The lowest BCUT2D eigenvalue weighted by Crippen LogP contribution is -2.30. The summed E-state index contributed by atoms with van der Waals surface area (Å²) in [6.07, 6.45) is -0.787. The van der Waals surface area contributed by atoms with E-state index in [2.05, 4.69) is 5.32 Å². The lowest BCUT2D eigenvalue weighted by Gasteiger charge is -2.15. The van der Waals surface area contributed by atoms with Gasteiger partial charge in [0, 0.05) is 10.8 Å². The van der Waals surface area contributed by atoms with Gasteiger partial charge < -0.3 is 14.5 Å². The Hall–Kier alpha value is -3.34. The minimum absolute atomic E-state index is 0.129. The fourth-order valence-corrected chi connectivity index (χ4v) is 2.83. The van der Waals surface area contributed by atoms with Gasteiger partial charge in [0.25, 0.3) is 5.91 Å². The number of halogens is 1. The van der Waals surface area contributed by atoms with Gasteiger partial charge in [0.15, 0.2) is 6.10 Å². The van der Waals surface area contributed by atoms with Crippen LogP contribution in [0.25, 0.3) is 21.9 Å². The summed E-state index contributed by atoms with van der Waals surface area (Å²) in [4.78, 5) is 12.3. The summed E-state index contributed by atoms with van der Waals surface area (Å²) in [5.74, 6) is -0.369. The first-order valence-electron chi connectivity index (χ1n) is 8.25. The van der Waals surface area contributed by atoms with Gasteiger partial charge in [-0.05, 0) is 43.3 Å². The van der Waals surface area contributed by atoms with Crippen molar-refractivity contribution in [3.63, 3.8) is 0 Å². The molecule has 5 heteroatoms. The summed E-state index contributed by atoms with van der Waals surface area (Å²) in [6, 6.07) is 19.1. The predicted molar refractivity (Wildman–Crippen MR) is 98.8 cm³/mol. The van der Waals surface area contributed by atoms with Crippen molar-refractivity contribution < 1.29 is 18.3 Å². The van der Waals surface area contributed by atoms with Crippen molar-refractivity contribution >= 4 is 33.5 Å². The van der Waals surface area contributed by atoms with Gasteiger partial charge in [0.05, 0.1) is 5.69 Å². The maximum atomic E-state index is 13.7. The number of rotatable bonds is 4. The molecule has 0 radical (unpaired) electrons. The molecule has 0 spiro atoms. The molecular weight excluding hydrogens is 333 g/mol. The van der Waals surface area contributed by atoms with Crippen LogP contribution >= 0.6 is 0 Å². The number of hydrogen-bond donors (Lipinski definition) is 1. The van der Waals surface area contributed by atoms with Crippen LogP contribution in [0.4, 0.5) is 10.1 Å². The van der Waals surface area contributed by atoms with Gasteiger partial charge in [0.2, 0.25) is 0 Å². The molecule has 0 aliphatic carbocycles. The van der Waals surface area contributed by atoms with Crippen LogP contribution in [0, 0.1) is 5.82 Å². The van der Waals surface area contributed by atoms with E-state index < -0.39 is 17.8 Å². The molecule has 0 fully saturated rings. The van der Waals surface area contributed by atoms with Crippen LogP contribution in [0.3, 0.4) is 0 Å². The molecule has 1 atom stereocenters. The number of benzene rings is 3. The zero-order valence-corrected chi connectivity index (χ0v) is 14.0. The van der Waals surface area contributed by atoms with E-state index in [0.29, 0.717) is 5.75 Å². The van der Waals surface area contributed by atoms with E-state index in [-0.39, 0.29) is 5.69 Å². The molecule has 4 aromatic rings. The minimum Gasteiger partial charge on any atom is -0.481 e. The van der Waals surface area contributed by atoms with E-state index in [1.54, 1.807) is 25.1 Å². The number of hydrogen-bond acceptors (Lipinski definition) is 3. The number of para-hydroxylation sites is 2. The number of carbonyl (C=O) groups is 1. The van der Waals surface area contributed by atoms with Crippen LogP contribution in [-0.2, 0) is 4.79 Å². The highest BCUT2D eigenvalue weighted by atomic mass is 19.1. The van der Waals surface area contributed by atoms with Crippen LogP contribution in [0.1, 0.15) is 6.92 Å². The van der Waals surface area contributed by atoms with E-state index in [4.69, 9.17) is 9.15 Å². The first-order chi connectivity index (χ1) is 12.6.